The molecule has 0 saturated carbocycles. The van der Waals surface area contributed by atoms with Crippen molar-refractivity contribution in [3.63, 3.8) is 0 Å². The van der Waals surface area contributed by atoms with Crippen LogP contribution < -0.4 is 4.74 Å². The molecule has 0 amide bonds. The third kappa shape index (κ3) is 3.77. The number of benzene rings is 2. The van der Waals surface area contributed by atoms with Crippen LogP contribution in [-0.2, 0) is 25.2 Å². The summed E-state index contributed by atoms with van der Waals surface area (Å²) in [6.07, 6.45) is 2.39. The first kappa shape index (κ1) is 18.1. The largest absolute Gasteiger partial charge is 0.452 e. The molecule has 1 aliphatic rings. The van der Waals surface area contributed by atoms with Gasteiger partial charge in [-0.2, -0.15) is 0 Å². The minimum atomic E-state index is -3.36. The molecule has 0 aliphatic carbocycles. The quantitative estimate of drug-likeness (QED) is 0.818. The number of ketones is 1. The zero-order valence-corrected chi connectivity index (χ0v) is 15.0. The van der Waals surface area contributed by atoms with Crippen molar-refractivity contribution in [3.05, 3.63) is 71.7 Å². The highest BCUT2D eigenvalue weighted by Crippen LogP contribution is 2.38. The van der Waals surface area contributed by atoms with E-state index < -0.39 is 21.4 Å². The number of rotatable bonds is 4. The molecule has 1 atom stereocenters. The molecule has 26 heavy (non-hydrogen) atoms. The Morgan fingerprint density at radius 1 is 1.08 bits per heavy atom. The van der Waals surface area contributed by atoms with Crippen molar-refractivity contribution in [3.8, 4) is 5.75 Å². The Balaban J connectivity index is 2.05. The zero-order chi connectivity index (χ0) is 18.9. The van der Waals surface area contributed by atoms with Crippen LogP contribution in [0.3, 0.4) is 0 Å². The Hall–Kier alpha value is -2.67. The van der Waals surface area contributed by atoms with Crippen molar-refractivity contribution in [2.75, 3.05) is 6.26 Å². The first-order valence-electron chi connectivity index (χ1n) is 7.83. The standard InChI is InChI=1S/C19H17FO5S/c1-13-11-16(21)12-19(24-13,25-17-7-5-15(20)6-8-17)14-3-9-18(10-4-14)26(2,22)23/h3-11H,12H2,1-2H3. The molecule has 0 saturated heterocycles. The summed E-state index contributed by atoms with van der Waals surface area (Å²) < 4.78 is 48.3. The average molecular weight is 376 g/mol. The monoisotopic (exact) mass is 376 g/mol. The first-order chi connectivity index (χ1) is 12.2. The minimum absolute atomic E-state index is 0.0973. The van der Waals surface area contributed by atoms with Gasteiger partial charge >= 0.3 is 0 Å². The van der Waals surface area contributed by atoms with Gasteiger partial charge in [-0.3, -0.25) is 4.79 Å². The molecule has 0 radical (unpaired) electrons. The normalized spacial score (nSPS) is 20.3. The minimum Gasteiger partial charge on any atom is -0.452 e. The third-order valence-corrected chi connectivity index (χ3v) is 5.04. The summed E-state index contributed by atoms with van der Waals surface area (Å²) in [5, 5.41) is 0. The summed E-state index contributed by atoms with van der Waals surface area (Å²) in [6.45, 7) is 1.63. The molecule has 1 heterocycles. The van der Waals surface area contributed by atoms with E-state index in [0.29, 0.717) is 17.1 Å². The van der Waals surface area contributed by atoms with Gasteiger partial charge in [-0.1, -0.05) is 0 Å². The summed E-state index contributed by atoms with van der Waals surface area (Å²) in [5.74, 6) is -1.37. The molecule has 2 aromatic rings. The highest BCUT2D eigenvalue weighted by molar-refractivity contribution is 7.90. The van der Waals surface area contributed by atoms with Crippen LogP contribution in [0, 0.1) is 5.82 Å². The first-order valence-corrected chi connectivity index (χ1v) is 9.72. The van der Waals surface area contributed by atoms with Gasteiger partial charge in [0.2, 0.25) is 0 Å². The van der Waals surface area contributed by atoms with E-state index in [2.05, 4.69) is 0 Å². The second kappa shape index (κ2) is 6.57. The van der Waals surface area contributed by atoms with E-state index in [1.807, 2.05) is 0 Å². The molecule has 0 bridgehead atoms. The second-order valence-corrected chi connectivity index (χ2v) is 8.12. The van der Waals surface area contributed by atoms with Crippen LogP contribution in [0.4, 0.5) is 4.39 Å². The van der Waals surface area contributed by atoms with Crippen LogP contribution in [0.2, 0.25) is 0 Å². The van der Waals surface area contributed by atoms with E-state index in [4.69, 9.17) is 9.47 Å². The van der Waals surface area contributed by atoms with E-state index in [1.54, 1.807) is 19.1 Å². The molecule has 7 heteroatoms. The zero-order valence-electron chi connectivity index (χ0n) is 14.2. The highest BCUT2D eigenvalue weighted by Gasteiger charge is 2.42. The number of sulfone groups is 1. The van der Waals surface area contributed by atoms with Crippen LogP contribution in [0.25, 0.3) is 0 Å². The van der Waals surface area contributed by atoms with Crippen molar-refractivity contribution in [1.82, 2.24) is 0 Å². The Kier molecular flexibility index (Phi) is 4.58. The summed E-state index contributed by atoms with van der Waals surface area (Å²) in [4.78, 5) is 12.3. The number of allylic oxidation sites excluding steroid dienone is 2. The fourth-order valence-electron chi connectivity index (χ4n) is 2.76. The highest BCUT2D eigenvalue weighted by atomic mass is 32.2. The van der Waals surface area contributed by atoms with Crippen molar-refractivity contribution in [2.24, 2.45) is 0 Å². The van der Waals surface area contributed by atoms with Crippen LogP contribution in [-0.4, -0.2) is 20.5 Å². The third-order valence-electron chi connectivity index (χ3n) is 3.92. The SMILES string of the molecule is CC1=CC(=O)CC(Oc2ccc(F)cc2)(c2ccc(S(C)(=O)=O)cc2)O1. The lowest BCUT2D eigenvalue weighted by Crippen LogP contribution is -2.40. The predicted molar refractivity (Wildman–Crippen MR) is 92.7 cm³/mol. The summed E-state index contributed by atoms with van der Waals surface area (Å²) in [6, 6.07) is 11.3. The topological polar surface area (TPSA) is 69.7 Å². The number of hydrogen-bond acceptors (Lipinski definition) is 5. The fourth-order valence-corrected chi connectivity index (χ4v) is 3.39. The summed E-state index contributed by atoms with van der Waals surface area (Å²) >= 11 is 0. The van der Waals surface area contributed by atoms with Crippen LogP contribution >= 0.6 is 0 Å². The van der Waals surface area contributed by atoms with Gasteiger partial charge in [-0.25, -0.2) is 12.8 Å². The Labute approximate surface area is 151 Å². The van der Waals surface area contributed by atoms with Crippen LogP contribution in [0.15, 0.2) is 65.3 Å². The van der Waals surface area contributed by atoms with Gasteiger partial charge in [-0.15, -0.1) is 0 Å². The molecule has 5 nitrogen and oxygen atoms in total. The Morgan fingerprint density at radius 3 is 2.23 bits per heavy atom. The molecule has 1 unspecified atom stereocenters. The number of halogens is 1. The van der Waals surface area contributed by atoms with Gasteiger partial charge in [0.1, 0.15) is 17.3 Å². The molecule has 1 aliphatic heterocycles. The van der Waals surface area contributed by atoms with Crippen molar-refractivity contribution in [1.29, 1.82) is 0 Å². The summed E-state index contributed by atoms with van der Waals surface area (Å²) in [7, 11) is -3.36. The van der Waals surface area contributed by atoms with Gasteiger partial charge in [0, 0.05) is 17.9 Å². The lowest BCUT2D eigenvalue weighted by molar-refractivity contribution is -0.179. The van der Waals surface area contributed by atoms with Gasteiger partial charge in [0.25, 0.3) is 5.79 Å². The Morgan fingerprint density at radius 2 is 1.69 bits per heavy atom. The van der Waals surface area contributed by atoms with E-state index in [0.717, 1.165) is 6.26 Å². The molecule has 3 rings (SSSR count). The fraction of sp³-hybridized carbons (Fsp3) is 0.211. The van der Waals surface area contributed by atoms with Gasteiger partial charge in [0.15, 0.2) is 15.6 Å². The molecule has 0 aromatic heterocycles. The van der Waals surface area contributed by atoms with Crippen LogP contribution in [0.1, 0.15) is 18.9 Å². The van der Waals surface area contributed by atoms with E-state index in [1.165, 1.54) is 42.5 Å². The van der Waals surface area contributed by atoms with E-state index in [9.17, 15) is 17.6 Å². The molecule has 0 fully saturated rings. The molecule has 136 valence electrons. The maximum absolute atomic E-state index is 13.2. The average Bonchev–Trinajstić information content (AvgIpc) is 2.55. The summed E-state index contributed by atoms with van der Waals surface area (Å²) in [5.41, 5.74) is 0.482. The predicted octanol–water partition coefficient (Wildman–Crippen LogP) is 3.35. The molecular formula is C19H17FO5S. The second-order valence-electron chi connectivity index (χ2n) is 6.11. The number of hydrogen-bond donors (Lipinski definition) is 0. The number of ether oxygens (including phenoxy) is 2. The van der Waals surface area contributed by atoms with Gasteiger partial charge in [-0.05, 0) is 55.5 Å². The Bertz CT molecular complexity index is 962. The lowest BCUT2D eigenvalue weighted by atomic mass is 9.97. The molecular weight excluding hydrogens is 359 g/mol. The molecule has 2 aromatic carbocycles. The number of carbonyl (C=O) groups excluding carboxylic acids is 1. The smallest absolute Gasteiger partial charge is 0.284 e. The molecule has 0 spiro atoms. The lowest BCUT2D eigenvalue weighted by Gasteiger charge is -2.37. The maximum atomic E-state index is 13.2. The molecule has 0 N–H and O–H groups in total. The van der Waals surface area contributed by atoms with Crippen molar-refractivity contribution >= 4 is 15.6 Å². The van der Waals surface area contributed by atoms with Crippen LogP contribution in [0.5, 0.6) is 5.75 Å². The van der Waals surface area contributed by atoms with Gasteiger partial charge < -0.3 is 9.47 Å². The van der Waals surface area contributed by atoms with Crippen molar-refractivity contribution < 1.29 is 27.1 Å². The van der Waals surface area contributed by atoms with E-state index >= 15 is 0 Å². The number of carbonyl (C=O) groups is 1. The maximum Gasteiger partial charge on any atom is 0.284 e. The van der Waals surface area contributed by atoms with E-state index in [-0.39, 0.29) is 17.1 Å². The van der Waals surface area contributed by atoms with Gasteiger partial charge in [0.05, 0.1) is 11.3 Å². The van der Waals surface area contributed by atoms with Crippen molar-refractivity contribution in [2.45, 2.75) is 24.0 Å².